The molecule has 0 fully saturated rings. The van der Waals surface area contributed by atoms with E-state index in [4.69, 9.17) is 9.26 Å². The Balaban J connectivity index is 1.37. The summed E-state index contributed by atoms with van der Waals surface area (Å²) in [6.07, 6.45) is 1.70. The molecule has 1 aromatic heterocycles. The van der Waals surface area contributed by atoms with Gasteiger partial charge in [0, 0.05) is 18.2 Å². The molecule has 0 aliphatic carbocycles. The van der Waals surface area contributed by atoms with E-state index >= 15 is 0 Å². The number of aryl methyl sites for hydroxylation is 1. The highest BCUT2D eigenvalue weighted by Crippen LogP contribution is 2.19. The van der Waals surface area contributed by atoms with Crippen LogP contribution in [0.4, 0.5) is 0 Å². The van der Waals surface area contributed by atoms with Crippen molar-refractivity contribution in [2.24, 2.45) is 0 Å². The van der Waals surface area contributed by atoms with Crippen molar-refractivity contribution in [2.75, 3.05) is 13.2 Å². The van der Waals surface area contributed by atoms with Crippen LogP contribution in [0.2, 0.25) is 0 Å². The molecule has 26 heavy (non-hydrogen) atoms. The van der Waals surface area contributed by atoms with Gasteiger partial charge in [0.2, 0.25) is 0 Å². The highest BCUT2D eigenvalue weighted by molar-refractivity contribution is 5.93. The molecule has 0 saturated heterocycles. The molecule has 0 unspecified atom stereocenters. The molecule has 0 spiro atoms. The molecule has 5 heteroatoms. The first kappa shape index (κ1) is 17.7. The van der Waals surface area contributed by atoms with E-state index in [1.165, 1.54) is 5.56 Å². The van der Waals surface area contributed by atoms with Crippen LogP contribution in [0.15, 0.2) is 65.2 Å². The van der Waals surface area contributed by atoms with Gasteiger partial charge < -0.3 is 14.6 Å². The van der Waals surface area contributed by atoms with Crippen LogP contribution in [0.1, 0.15) is 28.9 Å². The number of carbonyl (C=O) groups excluding carboxylic acids is 1. The van der Waals surface area contributed by atoms with Crippen LogP contribution in [0, 0.1) is 6.92 Å². The number of ether oxygens (including phenoxy) is 1. The molecule has 3 rings (SSSR count). The number of amides is 1. The minimum Gasteiger partial charge on any atom is -0.494 e. The summed E-state index contributed by atoms with van der Waals surface area (Å²) < 4.78 is 10.9. The summed E-state index contributed by atoms with van der Waals surface area (Å²) >= 11 is 0. The van der Waals surface area contributed by atoms with Gasteiger partial charge in [-0.15, -0.1) is 0 Å². The summed E-state index contributed by atoms with van der Waals surface area (Å²) in [5, 5.41) is 6.70. The lowest BCUT2D eigenvalue weighted by Gasteiger charge is -2.06. The standard InChI is InChI=1S/C21H22N2O3/c1-16-9-11-18(12-10-16)25-14-6-5-13-22-21(24)19-15-20(26-23-19)17-7-3-2-4-8-17/h2-4,7-12,15H,5-6,13-14H2,1H3,(H,22,24). The van der Waals surface area contributed by atoms with E-state index in [-0.39, 0.29) is 5.91 Å². The number of carbonyl (C=O) groups is 1. The lowest BCUT2D eigenvalue weighted by atomic mass is 10.1. The summed E-state index contributed by atoms with van der Waals surface area (Å²) in [7, 11) is 0. The van der Waals surface area contributed by atoms with Gasteiger partial charge >= 0.3 is 0 Å². The van der Waals surface area contributed by atoms with Crippen molar-refractivity contribution in [3.05, 3.63) is 71.9 Å². The van der Waals surface area contributed by atoms with Crippen LogP contribution in [0.3, 0.4) is 0 Å². The molecule has 2 aromatic carbocycles. The maximum atomic E-state index is 12.1. The quantitative estimate of drug-likeness (QED) is 0.617. The molecule has 0 bridgehead atoms. The van der Waals surface area contributed by atoms with Crippen molar-refractivity contribution in [3.8, 4) is 17.1 Å². The average molecular weight is 350 g/mol. The first-order valence-corrected chi connectivity index (χ1v) is 8.72. The molecule has 1 N–H and O–H groups in total. The molecule has 0 radical (unpaired) electrons. The fourth-order valence-electron chi connectivity index (χ4n) is 2.46. The van der Waals surface area contributed by atoms with Gasteiger partial charge in [0.05, 0.1) is 6.61 Å². The topological polar surface area (TPSA) is 64.4 Å². The third kappa shape index (κ3) is 4.96. The predicted molar refractivity (Wildman–Crippen MR) is 100 cm³/mol. The van der Waals surface area contributed by atoms with Gasteiger partial charge in [-0.3, -0.25) is 4.79 Å². The fourth-order valence-corrected chi connectivity index (χ4v) is 2.46. The molecule has 0 atom stereocenters. The zero-order valence-electron chi connectivity index (χ0n) is 14.8. The minimum atomic E-state index is -0.226. The number of hydrogen-bond donors (Lipinski definition) is 1. The van der Waals surface area contributed by atoms with Gasteiger partial charge in [-0.05, 0) is 31.9 Å². The minimum absolute atomic E-state index is 0.226. The Bertz CT molecular complexity index is 826. The maximum absolute atomic E-state index is 12.1. The first-order chi connectivity index (χ1) is 12.7. The molecule has 134 valence electrons. The Labute approximate surface area is 153 Å². The van der Waals surface area contributed by atoms with Crippen molar-refractivity contribution in [3.63, 3.8) is 0 Å². The van der Waals surface area contributed by atoms with Crippen molar-refractivity contribution in [1.29, 1.82) is 0 Å². The second kappa shape index (κ2) is 8.85. The summed E-state index contributed by atoms with van der Waals surface area (Å²) in [5.74, 6) is 1.23. The third-order valence-corrected chi connectivity index (χ3v) is 3.95. The van der Waals surface area contributed by atoms with E-state index in [1.54, 1.807) is 6.07 Å². The zero-order valence-corrected chi connectivity index (χ0v) is 14.8. The summed E-state index contributed by atoms with van der Waals surface area (Å²) in [6, 6.07) is 19.2. The van der Waals surface area contributed by atoms with Gasteiger partial charge in [0.25, 0.3) is 5.91 Å². The van der Waals surface area contributed by atoms with Gasteiger partial charge in [-0.1, -0.05) is 53.2 Å². The Morgan fingerprint density at radius 2 is 1.85 bits per heavy atom. The zero-order chi connectivity index (χ0) is 18.2. The Morgan fingerprint density at radius 1 is 1.08 bits per heavy atom. The number of unbranched alkanes of at least 4 members (excludes halogenated alkanes) is 1. The number of hydrogen-bond acceptors (Lipinski definition) is 4. The molecular formula is C21H22N2O3. The van der Waals surface area contributed by atoms with Crippen LogP contribution in [-0.2, 0) is 0 Å². The lowest BCUT2D eigenvalue weighted by Crippen LogP contribution is -2.25. The van der Waals surface area contributed by atoms with Crippen LogP contribution < -0.4 is 10.1 Å². The first-order valence-electron chi connectivity index (χ1n) is 8.72. The molecule has 0 aliphatic heterocycles. The lowest BCUT2D eigenvalue weighted by molar-refractivity contribution is 0.0943. The maximum Gasteiger partial charge on any atom is 0.273 e. The van der Waals surface area contributed by atoms with Crippen molar-refractivity contribution >= 4 is 5.91 Å². The monoisotopic (exact) mass is 350 g/mol. The van der Waals surface area contributed by atoms with Crippen LogP contribution >= 0.6 is 0 Å². The van der Waals surface area contributed by atoms with E-state index in [0.29, 0.717) is 24.6 Å². The van der Waals surface area contributed by atoms with Crippen molar-refractivity contribution in [2.45, 2.75) is 19.8 Å². The van der Waals surface area contributed by atoms with E-state index in [9.17, 15) is 4.79 Å². The van der Waals surface area contributed by atoms with Crippen molar-refractivity contribution < 1.29 is 14.1 Å². The number of aromatic nitrogens is 1. The van der Waals surface area contributed by atoms with Gasteiger partial charge in [0.1, 0.15) is 5.75 Å². The Hall–Kier alpha value is -3.08. The van der Waals surface area contributed by atoms with Crippen molar-refractivity contribution in [1.82, 2.24) is 10.5 Å². The normalized spacial score (nSPS) is 10.5. The predicted octanol–water partition coefficient (Wildman–Crippen LogP) is 4.24. The van der Waals surface area contributed by atoms with E-state index in [2.05, 4.69) is 10.5 Å². The number of rotatable bonds is 8. The van der Waals surface area contributed by atoms with Gasteiger partial charge in [-0.2, -0.15) is 0 Å². The number of benzene rings is 2. The van der Waals surface area contributed by atoms with Crippen LogP contribution in [-0.4, -0.2) is 24.2 Å². The van der Waals surface area contributed by atoms with Gasteiger partial charge in [-0.25, -0.2) is 0 Å². The Kier molecular flexibility index (Phi) is 6.04. The third-order valence-electron chi connectivity index (χ3n) is 3.95. The molecule has 3 aromatic rings. The smallest absolute Gasteiger partial charge is 0.273 e. The average Bonchev–Trinajstić information content (AvgIpc) is 3.17. The van der Waals surface area contributed by atoms with Crippen LogP contribution in [0.25, 0.3) is 11.3 Å². The van der Waals surface area contributed by atoms with E-state index in [1.807, 2.05) is 61.5 Å². The summed E-state index contributed by atoms with van der Waals surface area (Å²) in [5.41, 5.74) is 2.40. The SMILES string of the molecule is Cc1ccc(OCCCCNC(=O)c2cc(-c3ccccc3)on2)cc1. The summed E-state index contributed by atoms with van der Waals surface area (Å²) in [4.78, 5) is 12.1. The van der Waals surface area contributed by atoms with E-state index < -0.39 is 0 Å². The second-order valence-electron chi connectivity index (χ2n) is 6.07. The molecule has 0 saturated carbocycles. The number of nitrogens with one attached hydrogen (secondary N) is 1. The highest BCUT2D eigenvalue weighted by Gasteiger charge is 2.12. The van der Waals surface area contributed by atoms with Gasteiger partial charge in [0.15, 0.2) is 11.5 Å². The van der Waals surface area contributed by atoms with E-state index in [0.717, 1.165) is 24.2 Å². The van der Waals surface area contributed by atoms with Crippen LogP contribution in [0.5, 0.6) is 5.75 Å². The Morgan fingerprint density at radius 3 is 2.62 bits per heavy atom. The second-order valence-corrected chi connectivity index (χ2v) is 6.07. The molecular weight excluding hydrogens is 328 g/mol. The molecule has 0 aliphatic rings. The molecule has 5 nitrogen and oxygen atoms in total. The largest absolute Gasteiger partial charge is 0.494 e. The highest BCUT2D eigenvalue weighted by atomic mass is 16.5. The molecule has 1 heterocycles. The molecule has 1 amide bonds. The summed E-state index contributed by atoms with van der Waals surface area (Å²) in [6.45, 7) is 3.24. The number of nitrogens with zero attached hydrogens (tertiary/aromatic N) is 1. The fraction of sp³-hybridized carbons (Fsp3) is 0.238.